The van der Waals surface area contributed by atoms with Gasteiger partial charge in [0.2, 0.25) is 0 Å². The number of H-pyrrole nitrogens is 1. The molecule has 1 atom stereocenters. The number of nitrogens with zero attached hydrogens (tertiary/aromatic N) is 2. The summed E-state index contributed by atoms with van der Waals surface area (Å²) in [5, 5.41) is 3.25. The molecule has 0 aliphatic rings. The van der Waals surface area contributed by atoms with Gasteiger partial charge in [-0.25, -0.2) is 9.78 Å². The number of nitrogens with one attached hydrogen (secondary N) is 2. The maximum Gasteiger partial charge on any atom is 0.346 e. The van der Waals surface area contributed by atoms with Crippen molar-refractivity contribution in [3.63, 3.8) is 0 Å². The molecule has 9 nitrogen and oxygen atoms in total. The summed E-state index contributed by atoms with van der Waals surface area (Å²) < 4.78 is 10.9. The zero-order valence-electron chi connectivity index (χ0n) is 42.0. The summed E-state index contributed by atoms with van der Waals surface area (Å²) in [6.07, 6.45) is 48.5. The number of aromatic nitrogens is 2. The first-order valence-corrected chi connectivity index (χ1v) is 26.4. The van der Waals surface area contributed by atoms with E-state index in [1.165, 1.54) is 180 Å². The second kappa shape index (κ2) is 53.2. The zero-order chi connectivity index (χ0) is 45.8. The smallest absolute Gasteiger partial charge is 0.346 e. The number of anilines is 1. The Morgan fingerprint density at radius 3 is 1.34 bits per heavy atom. The van der Waals surface area contributed by atoms with Crippen LogP contribution in [0.4, 0.5) is 5.82 Å². The van der Waals surface area contributed by atoms with E-state index in [2.05, 4.69) is 47.9 Å². The second-order valence-electron chi connectivity index (χ2n) is 17.6. The van der Waals surface area contributed by atoms with Gasteiger partial charge in [0.1, 0.15) is 18.4 Å². The first-order valence-electron chi connectivity index (χ1n) is 26.4. The Bertz CT molecular complexity index is 1030. The summed E-state index contributed by atoms with van der Waals surface area (Å²) in [4.78, 5) is 40.8. The fraction of sp³-hybridized carbons (Fsp3) is 0.887. The van der Waals surface area contributed by atoms with Crippen LogP contribution in [0.5, 0.6) is 0 Å². The first kappa shape index (κ1) is 62.0. The lowest BCUT2D eigenvalue weighted by Gasteiger charge is -2.22. The van der Waals surface area contributed by atoms with E-state index in [-0.39, 0.29) is 5.69 Å². The van der Waals surface area contributed by atoms with Crippen LogP contribution in [0.15, 0.2) is 17.1 Å². The van der Waals surface area contributed by atoms with E-state index in [0.717, 1.165) is 77.3 Å². The van der Waals surface area contributed by atoms with Crippen LogP contribution in [0.1, 0.15) is 252 Å². The van der Waals surface area contributed by atoms with Gasteiger partial charge in [-0.05, 0) is 83.5 Å². The molecular formula is C53H104N4O5. The van der Waals surface area contributed by atoms with E-state index in [1.807, 2.05) is 14.2 Å². The topological polar surface area (TPSA) is 114 Å². The molecule has 366 valence electrons. The lowest BCUT2D eigenvalue weighted by Crippen LogP contribution is -2.28. The Balaban J connectivity index is 0. The maximum atomic E-state index is 11.2. The number of unbranched alkanes of at least 4 members (excludes halogenated alkanes) is 25. The van der Waals surface area contributed by atoms with Crippen molar-refractivity contribution >= 4 is 18.4 Å². The number of aldehydes is 2. The highest BCUT2D eigenvalue weighted by atomic mass is 16.5. The molecule has 9 heteroatoms. The first-order chi connectivity index (χ1) is 30.4. The van der Waals surface area contributed by atoms with Gasteiger partial charge < -0.3 is 29.3 Å². The molecule has 62 heavy (non-hydrogen) atoms. The minimum atomic E-state index is -0.331. The van der Waals surface area contributed by atoms with Gasteiger partial charge in [-0.15, -0.1) is 0 Å². The summed E-state index contributed by atoms with van der Waals surface area (Å²) in [5.74, 6) is 0.715. The van der Waals surface area contributed by atoms with E-state index in [9.17, 15) is 14.4 Å². The third kappa shape index (κ3) is 47.4. The predicted molar refractivity (Wildman–Crippen MR) is 268 cm³/mol. The van der Waals surface area contributed by atoms with Crippen LogP contribution in [0.25, 0.3) is 0 Å². The molecule has 1 aromatic heterocycles. The standard InChI is InChI=1S/C23H40N4O3.C18H38O.C12H26O/c28-20-11-7-3-1-5-9-17-27(18-10-6-2-4-8-12-21-29)19-13-15-24-22-14-16-25-23(30)26-22;1-4-6-8-10-12-14-16-18(19-3)17-15-13-11-9-7-5-2;1-4-6-7-8-9-10-11-12(5-2)13-3/h14,16,20-21H,1-13,15,17-19H2,(H2,24,25,26,30);18H,4-17H2,1-3H3;12H,4-11H2,1-3H3. The van der Waals surface area contributed by atoms with Gasteiger partial charge in [0.25, 0.3) is 0 Å². The molecule has 1 aromatic rings. The molecule has 1 heterocycles. The molecule has 0 radical (unpaired) electrons. The van der Waals surface area contributed by atoms with Crippen molar-refractivity contribution in [3.05, 3.63) is 22.7 Å². The van der Waals surface area contributed by atoms with Gasteiger partial charge in [0.05, 0.1) is 12.2 Å². The van der Waals surface area contributed by atoms with Gasteiger partial charge in [-0.1, -0.05) is 182 Å². The Labute approximate surface area is 384 Å². The molecule has 0 saturated heterocycles. The minimum Gasteiger partial charge on any atom is -0.381 e. The third-order valence-corrected chi connectivity index (χ3v) is 12.0. The van der Waals surface area contributed by atoms with Crippen molar-refractivity contribution in [1.82, 2.24) is 14.9 Å². The summed E-state index contributed by atoms with van der Waals surface area (Å²) in [6, 6.07) is 1.77. The minimum absolute atomic E-state index is 0.331. The van der Waals surface area contributed by atoms with Gasteiger partial charge in [0, 0.05) is 39.8 Å². The number of methoxy groups -OCH3 is 2. The maximum absolute atomic E-state index is 11.2. The highest BCUT2D eigenvalue weighted by molar-refractivity contribution is 5.49. The van der Waals surface area contributed by atoms with Gasteiger partial charge in [-0.2, -0.15) is 0 Å². The molecule has 0 saturated carbocycles. The zero-order valence-corrected chi connectivity index (χ0v) is 42.0. The number of ether oxygens (including phenoxy) is 2. The summed E-state index contributed by atoms with van der Waals surface area (Å²) in [6.45, 7) is 13.1. The van der Waals surface area contributed by atoms with Crippen molar-refractivity contribution in [1.29, 1.82) is 0 Å². The van der Waals surface area contributed by atoms with Crippen LogP contribution in [0, 0.1) is 0 Å². The molecule has 0 aliphatic heterocycles. The number of hydrogen-bond acceptors (Lipinski definition) is 8. The lowest BCUT2D eigenvalue weighted by molar-refractivity contribution is -0.108. The second-order valence-corrected chi connectivity index (χ2v) is 17.6. The number of rotatable bonds is 45. The van der Waals surface area contributed by atoms with E-state index < -0.39 is 0 Å². The normalized spacial score (nSPS) is 11.5. The summed E-state index contributed by atoms with van der Waals surface area (Å²) in [5.41, 5.74) is -0.331. The van der Waals surface area contributed by atoms with Crippen LogP contribution in [-0.2, 0) is 19.1 Å². The van der Waals surface area contributed by atoms with Crippen LogP contribution < -0.4 is 11.0 Å². The number of aromatic amines is 1. The van der Waals surface area contributed by atoms with Crippen LogP contribution >= 0.6 is 0 Å². The quantitative estimate of drug-likeness (QED) is 0.0492. The van der Waals surface area contributed by atoms with Crippen molar-refractivity contribution in [2.45, 2.75) is 265 Å². The molecule has 1 unspecified atom stereocenters. The Morgan fingerprint density at radius 1 is 0.548 bits per heavy atom. The molecule has 0 bridgehead atoms. The molecule has 2 N–H and O–H groups in total. The SMILES string of the molecule is CCCCCCCCC(CC)OC.CCCCCCCCC(CCCCCCCC)OC.O=CCCCCCCCN(CCCCCCCC=O)CCCNc1ccnc(=O)[nH]1. The molecule has 0 aliphatic carbocycles. The molecule has 1 rings (SSSR count). The number of carbonyl (C=O) groups is 2. The lowest BCUT2D eigenvalue weighted by atomic mass is 10.0. The van der Waals surface area contributed by atoms with Crippen LogP contribution in [-0.4, -0.2) is 80.0 Å². The van der Waals surface area contributed by atoms with Gasteiger partial charge in [-0.3, -0.25) is 4.98 Å². The van der Waals surface area contributed by atoms with Crippen molar-refractivity contribution < 1.29 is 19.1 Å². The third-order valence-electron chi connectivity index (χ3n) is 12.0. The largest absolute Gasteiger partial charge is 0.381 e. The number of hydrogen-bond donors (Lipinski definition) is 2. The Hall–Kier alpha value is -2.10. The summed E-state index contributed by atoms with van der Waals surface area (Å²) >= 11 is 0. The van der Waals surface area contributed by atoms with Crippen molar-refractivity contribution in [2.75, 3.05) is 45.7 Å². The highest BCUT2D eigenvalue weighted by Gasteiger charge is 2.08. The van der Waals surface area contributed by atoms with Crippen molar-refractivity contribution in [3.8, 4) is 0 Å². The molecule has 0 spiro atoms. The molecule has 0 fully saturated rings. The van der Waals surface area contributed by atoms with Crippen LogP contribution in [0.2, 0.25) is 0 Å². The average Bonchev–Trinajstić information content (AvgIpc) is 3.28. The average molecular weight is 877 g/mol. The monoisotopic (exact) mass is 877 g/mol. The molecule has 0 amide bonds. The number of carbonyl (C=O) groups excluding carboxylic acids is 2. The van der Waals surface area contributed by atoms with E-state index in [1.54, 1.807) is 6.07 Å². The van der Waals surface area contributed by atoms with Crippen LogP contribution in [0.3, 0.4) is 0 Å². The van der Waals surface area contributed by atoms with Crippen molar-refractivity contribution in [2.24, 2.45) is 0 Å². The Kier molecular flexibility index (Phi) is 53.2. The molecule has 0 aromatic carbocycles. The van der Waals surface area contributed by atoms with Gasteiger partial charge >= 0.3 is 5.69 Å². The fourth-order valence-corrected chi connectivity index (χ4v) is 7.85. The van der Waals surface area contributed by atoms with E-state index in [0.29, 0.717) is 30.9 Å². The van der Waals surface area contributed by atoms with E-state index in [4.69, 9.17) is 9.47 Å². The summed E-state index contributed by atoms with van der Waals surface area (Å²) in [7, 11) is 3.71. The highest BCUT2D eigenvalue weighted by Crippen LogP contribution is 2.16. The van der Waals surface area contributed by atoms with E-state index >= 15 is 0 Å². The molecular weight excluding hydrogens is 773 g/mol. The fourth-order valence-electron chi connectivity index (χ4n) is 7.85. The Morgan fingerprint density at radius 2 is 0.935 bits per heavy atom. The van der Waals surface area contributed by atoms with Gasteiger partial charge in [0.15, 0.2) is 0 Å². The predicted octanol–water partition coefficient (Wildman–Crippen LogP) is 14.6.